The number of carbonyl (C=O) groups is 1. The first-order chi connectivity index (χ1) is 8.99. The molecule has 1 aromatic carbocycles. The smallest absolute Gasteiger partial charge is 0.254 e. The van der Waals surface area contributed by atoms with Crippen molar-refractivity contribution in [1.82, 2.24) is 10.6 Å². The van der Waals surface area contributed by atoms with Crippen LogP contribution >= 0.6 is 24.0 Å². The summed E-state index contributed by atoms with van der Waals surface area (Å²) in [5.41, 5.74) is 0.0365. The van der Waals surface area contributed by atoms with Crippen LogP contribution in [0.5, 0.6) is 0 Å². The Balaban J connectivity index is 0.00000200. The topological polar surface area (TPSA) is 41.1 Å². The van der Waals surface area contributed by atoms with E-state index in [2.05, 4.69) is 17.6 Å². The lowest BCUT2D eigenvalue weighted by molar-refractivity contribution is 0.0893. The van der Waals surface area contributed by atoms with Crippen LogP contribution < -0.4 is 10.6 Å². The van der Waals surface area contributed by atoms with Crippen molar-refractivity contribution in [3.63, 3.8) is 0 Å². The van der Waals surface area contributed by atoms with Gasteiger partial charge in [0.1, 0.15) is 5.82 Å². The third kappa shape index (κ3) is 3.84. The van der Waals surface area contributed by atoms with E-state index in [4.69, 9.17) is 11.6 Å². The van der Waals surface area contributed by atoms with Gasteiger partial charge in [0.25, 0.3) is 5.91 Å². The zero-order chi connectivity index (χ0) is 14.0. The molecule has 3 nitrogen and oxygen atoms in total. The molecule has 1 aliphatic rings. The molecule has 1 amide bonds. The highest BCUT2D eigenvalue weighted by molar-refractivity contribution is 6.30. The van der Waals surface area contributed by atoms with Gasteiger partial charge in [0.15, 0.2) is 0 Å². The molecular weight excluding hydrogens is 302 g/mol. The van der Waals surface area contributed by atoms with Gasteiger partial charge in [-0.2, -0.15) is 0 Å². The molecule has 0 saturated carbocycles. The van der Waals surface area contributed by atoms with Crippen LogP contribution in [0.1, 0.15) is 30.6 Å². The van der Waals surface area contributed by atoms with Gasteiger partial charge in [-0.05, 0) is 44.0 Å². The summed E-state index contributed by atoms with van der Waals surface area (Å²) in [7, 11) is 0. The number of carbonyl (C=O) groups excluding carboxylic acids is 1. The van der Waals surface area contributed by atoms with E-state index in [1.54, 1.807) is 0 Å². The molecule has 3 atom stereocenters. The van der Waals surface area contributed by atoms with Crippen LogP contribution in [0.4, 0.5) is 4.39 Å². The SMILES string of the molecule is CC1CCNC(C)C1NC(=O)c1ccc(Cl)cc1F.Cl. The zero-order valence-electron chi connectivity index (χ0n) is 11.5. The van der Waals surface area contributed by atoms with Gasteiger partial charge in [-0.1, -0.05) is 18.5 Å². The fourth-order valence-electron chi connectivity index (χ4n) is 2.51. The Labute approximate surface area is 129 Å². The fraction of sp³-hybridized carbons (Fsp3) is 0.500. The summed E-state index contributed by atoms with van der Waals surface area (Å²) in [4.78, 5) is 12.1. The lowest BCUT2D eigenvalue weighted by Gasteiger charge is -2.36. The Hall–Kier alpha value is -0.840. The van der Waals surface area contributed by atoms with Crippen LogP contribution in [0.15, 0.2) is 18.2 Å². The van der Waals surface area contributed by atoms with Crippen LogP contribution in [-0.2, 0) is 0 Å². The Bertz CT molecular complexity index is 474. The highest BCUT2D eigenvalue weighted by Crippen LogP contribution is 2.18. The molecule has 1 heterocycles. The molecule has 0 aliphatic carbocycles. The van der Waals surface area contributed by atoms with Crippen molar-refractivity contribution in [2.45, 2.75) is 32.4 Å². The van der Waals surface area contributed by atoms with Gasteiger partial charge in [-0.15, -0.1) is 12.4 Å². The maximum Gasteiger partial charge on any atom is 0.254 e. The molecule has 2 N–H and O–H groups in total. The molecule has 0 radical (unpaired) electrons. The first-order valence-electron chi connectivity index (χ1n) is 6.48. The minimum atomic E-state index is -0.589. The first-order valence-corrected chi connectivity index (χ1v) is 6.86. The van der Waals surface area contributed by atoms with Gasteiger partial charge in [0, 0.05) is 17.1 Å². The summed E-state index contributed by atoms with van der Waals surface area (Å²) in [5, 5.41) is 6.51. The normalized spacial score (nSPS) is 25.7. The average Bonchev–Trinajstić information content (AvgIpc) is 2.33. The van der Waals surface area contributed by atoms with Crippen LogP contribution in [0.3, 0.4) is 0 Å². The second kappa shape index (κ2) is 7.25. The molecule has 6 heteroatoms. The molecule has 2 rings (SSSR count). The van der Waals surface area contributed by atoms with E-state index in [9.17, 15) is 9.18 Å². The van der Waals surface area contributed by atoms with Gasteiger partial charge in [-0.25, -0.2) is 4.39 Å². The number of nitrogens with one attached hydrogen (secondary N) is 2. The molecule has 20 heavy (non-hydrogen) atoms. The van der Waals surface area contributed by atoms with Gasteiger partial charge < -0.3 is 10.6 Å². The molecule has 1 saturated heterocycles. The Morgan fingerprint density at radius 1 is 1.45 bits per heavy atom. The van der Waals surface area contributed by atoms with Crippen molar-refractivity contribution in [3.8, 4) is 0 Å². The predicted molar refractivity (Wildman–Crippen MR) is 81.2 cm³/mol. The highest BCUT2D eigenvalue weighted by Gasteiger charge is 2.29. The van der Waals surface area contributed by atoms with E-state index in [0.29, 0.717) is 5.92 Å². The van der Waals surface area contributed by atoms with E-state index >= 15 is 0 Å². The zero-order valence-corrected chi connectivity index (χ0v) is 13.0. The molecule has 0 spiro atoms. The molecule has 112 valence electrons. The third-order valence-electron chi connectivity index (χ3n) is 3.69. The monoisotopic (exact) mass is 320 g/mol. The molecule has 0 aromatic heterocycles. The van der Waals surface area contributed by atoms with Crippen LogP contribution in [0.2, 0.25) is 5.02 Å². The Kier molecular flexibility index (Phi) is 6.24. The quantitative estimate of drug-likeness (QED) is 0.879. The molecule has 3 unspecified atom stereocenters. The summed E-state index contributed by atoms with van der Waals surface area (Å²) in [6, 6.07) is 4.28. The van der Waals surface area contributed by atoms with Crippen molar-refractivity contribution in [1.29, 1.82) is 0 Å². The summed E-state index contributed by atoms with van der Waals surface area (Å²) >= 11 is 5.68. The van der Waals surface area contributed by atoms with Crippen molar-refractivity contribution >= 4 is 29.9 Å². The first kappa shape index (κ1) is 17.2. The van der Waals surface area contributed by atoms with Crippen molar-refractivity contribution < 1.29 is 9.18 Å². The van der Waals surface area contributed by atoms with E-state index in [0.717, 1.165) is 19.0 Å². The molecular formula is C14H19Cl2FN2O. The largest absolute Gasteiger partial charge is 0.347 e. The fourth-order valence-corrected chi connectivity index (χ4v) is 2.67. The lowest BCUT2D eigenvalue weighted by atomic mass is 9.89. The van der Waals surface area contributed by atoms with Crippen LogP contribution in [0.25, 0.3) is 0 Å². The van der Waals surface area contributed by atoms with E-state index in [1.807, 2.05) is 6.92 Å². The lowest BCUT2D eigenvalue weighted by Crippen LogP contribution is -2.56. The van der Waals surface area contributed by atoms with Gasteiger partial charge >= 0.3 is 0 Å². The maximum atomic E-state index is 13.7. The van der Waals surface area contributed by atoms with Crippen molar-refractivity contribution in [2.24, 2.45) is 5.92 Å². The summed E-state index contributed by atoms with van der Waals surface area (Å²) in [6.07, 6.45) is 0.998. The van der Waals surface area contributed by atoms with E-state index in [-0.39, 0.29) is 41.0 Å². The van der Waals surface area contributed by atoms with Crippen molar-refractivity contribution in [2.75, 3.05) is 6.54 Å². The van der Waals surface area contributed by atoms with E-state index < -0.39 is 5.82 Å². The highest BCUT2D eigenvalue weighted by atomic mass is 35.5. The Morgan fingerprint density at radius 2 is 2.15 bits per heavy atom. The number of benzene rings is 1. The number of hydrogen-bond acceptors (Lipinski definition) is 2. The summed E-state index contributed by atoms with van der Waals surface area (Å²) < 4.78 is 13.7. The number of piperidine rings is 1. The number of amides is 1. The van der Waals surface area contributed by atoms with Gasteiger partial charge in [-0.3, -0.25) is 4.79 Å². The maximum absolute atomic E-state index is 13.7. The summed E-state index contributed by atoms with van der Waals surface area (Å²) in [6.45, 7) is 5.07. The standard InChI is InChI=1S/C14H18ClFN2O.ClH/c1-8-5-6-17-9(2)13(8)18-14(19)11-4-3-10(15)7-12(11)16;/h3-4,7-9,13,17H,5-6H2,1-2H3,(H,18,19);1H. The number of halogens is 3. The number of rotatable bonds is 2. The second-order valence-corrected chi connectivity index (χ2v) is 5.57. The summed E-state index contributed by atoms with van der Waals surface area (Å²) in [5.74, 6) is -0.605. The Morgan fingerprint density at radius 3 is 2.75 bits per heavy atom. The average molecular weight is 321 g/mol. The molecule has 1 aliphatic heterocycles. The minimum Gasteiger partial charge on any atom is -0.347 e. The van der Waals surface area contributed by atoms with Crippen LogP contribution in [-0.4, -0.2) is 24.5 Å². The molecule has 1 fully saturated rings. The molecule has 1 aromatic rings. The van der Waals surface area contributed by atoms with Gasteiger partial charge in [0.05, 0.1) is 5.56 Å². The van der Waals surface area contributed by atoms with Crippen molar-refractivity contribution in [3.05, 3.63) is 34.6 Å². The van der Waals surface area contributed by atoms with Crippen LogP contribution in [0, 0.1) is 11.7 Å². The van der Waals surface area contributed by atoms with Gasteiger partial charge in [0.2, 0.25) is 0 Å². The second-order valence-electron chi connectivity index (χ2n) is 5.13. The minimum absolute atomic E-state index is 0. The predicted octanol–water partition coefficient (Wildman–Crippen LogP) is 3.02. The number of hydrogen-bond donors (Lipinski definition) is 2. The third-order valence-corrected chi connectivity index (χ3v) is 3.93. The molecule has 0 bridgehead atoms. The van der Waals surface area contributed by atoms with E-state index in [1.165, 1.54) is 12.1 Å².